The molecular weight excluding hydrogens is 210 g/mol. The van der Waals surface area contributed by atoms with E-state index in [1.165, 1.54) is 18.2 Å². The zero-order valence-electron chi connectivity index (χ0n) is 9.34. The summed E-state index contributed by atoms with van der Waals surface area (Å²) in [5, 5.41) is 9.63. The van der Waals surface area contributed by atoms with Gasteiger partial charge in [0.05, 0.1) is 6.10 Å². The Kier molecular flexibility index (Phi) is 4.62. The van der Waals surface area contributed by atoms with Crippen LogP contribution in [0.15, 0.2) is 30.4 Å². The lowest BCUT2D eigenvalue weighted by atomic mass is 10.0. The predicted octanol–water partition coefficient (Wildman–Crippen LogP) is 3.22. The van der Waals surface area contributed by atoms with Gasteiger partial charge in [-0.2, -0.15) is 0 Å². The van der Waals surface area contributed by atoms with Crippen molar-refractivity contribution in [2.24, 2.45) is 0 Å². The first-order valence-corrected chi connectivity index (χ1v) is 5.26. The molecule has 1 nitrogen and oxygen atoms in total. The van der Waals surface area contributed by atoms with Crippen molar-refractivity contribution < 1.29 is 13.9 Å². The van der Waals surface area contributed by atoms with Gasteiger partial charge in [0.2, 0.25) is 0 Å². The molecule has 0 heterocycles. The van der Waals surface area contributed by atoms with E-state index < -0.39 is 17.7 Å². The Morgan fingerprint density at radius 2 is 1.94 bits per heavy atom. The number of benzene rings is 1. The maximum Gasteiger partial charge on any atom is 0.129 e. The lowest BCUT2D eigenvalue weighted by molar-refractivity contribution is 0.162. The number of hydrogen-bond donors (Lipinski definition) is 1. The normalized spacial score (nSPS) is 12.5. The molecule has 1 rings (SSSR count). The molecule has 3 heteroatoms. The first-order chi connectivity index (χ1) is 7.50. The Morgan fingerprint density at radius 1 is 1.38 bits per heavy atom. The highest BCUT2D eigenvalue weighted by Gasteiger charge is 2.13. The summed E-state index contributed by atoms with van der Waals surface area (Å²) in [6.45, 7) is 5.57. The van der Waals surface area contributed by atoms with E-state index in [-0.39, 0.29) is 12.0 Å². The standard InChI is InChI=1S/C13H16F2O/c1-9(2)6-7-10(16)8-11-12(14)4-3-5-13(11)15/h3-5,10,16H,1,6-8H2,2H3. The maximum atomic E-state index is 13.2. The number of hydrogen-bond acceptors (Lipinski definition) is 1. The third-order valence-corrected chi connectivity index (χ3v) is 2.41. The number of halogens is 2. The van der Waals surface area contributed by atoms with Crippen LogP contribution in [0, 0.1) is 11.6 Å². The quantitative estimate of drug-likeness (QED) is 0.764. The minimum atomic E-state index is -0.733. The van der Waals surface area contributed by atoms with Gasteiger partial charge in [0.15, 0.2) is 0 Å². The average molecular weight is 226 g/mol. The van der Waals surface area contributed by atoms with Crippen LogP contribution >= 0.6 is 0 Å². The van der Waals surface area contributed by atoms with E-state index in [0.29, 0.717) is 12.8 Å². The molecule has 0 amide bonds. The highest BCUT2D eigenvalue weighted by Crippen LogP contribution is 2.16. The van der Waals surface area contributed by atoms with E-state index in [9.17, 15) is 13.9 Å². The molecule has 0 fully saturated rings. The summed E-state index contributed by atoms with van der Waals surface area (Å²) in [6, 6.07) is 3.71. The topological polar surface area (TPSA) is 20.2 Å². The molecule has 1 aromatic rings. The molecule has 0 saturated carbocycles. The third-order valence-electron chi connectivity index (χ3n) is 2.41. The maximum absolute atomic E-state index is 13.2. The van der Waals surface area contributed by atoms with Gasteiger partial charge in [-0.3, -0.25) is 0 Å². The van der Waals surface area contributed by atoms with E-state index in [2.05, 4.69) is 6.58 Å². The lowest BCUT2D eigenvalue weighted by Gasteiger charge is -2.11. The molecule has 16 heavy (non-hydrogen) atoms. The second-order valence-corrected chi connectivity index (χ2v) is 4.05. The number of aliphatic hydroxyl groups excluding tert-OH is 1. The van der Waals surface area contributed by atoms with E-state index >= 15 is 0 Å². The third kappa shape index (κ3) is 3.74. The highest BCUT2D eigenvalue weighted by atomic mass is 19.1. The second-order valence-electron chi connectivity index (χ2n) is 4.05. The van der Waals surface area contributed by atoms with Crippen molar-refractivity contribution in [2.75, 3.05) is 0 Å². The first kappa shape index (κ1) is 12.8. The molecule has 0 saturated heterocycles. The fourth-order valence-corrected chi connectivity index (χ4v) is 1.48. The summed E-state index contributed by atoms with van der Waals surface area (Å²) in [7, 11) is 0. The minimum Gasteiger partial charge on any atom is -0.393 e. The van der Waals surface area contributed by atoms with Crippen LogP contribution in [-0.4, -0.2) is 11.2 Å². The van der Waals surface area contributed by atoms with Gasteiger partial charge in [0.1, 0.15) is 11.6 Å². The molecule has 0 aliphatic heterocycles. The van der Waals surface area contributed by atoms with Crippen molar-refractivity contribution in [3.63, 3.8) is 0 Å². The molecule has 0 aromatic heterocycles. The highest BCUT2D eigenvalue weighted by molar-refractivity contribution is 5.20. The van der Waals surface area contributed by atoms with Crippen molar-refractivity contribution >= 4 is 0 Å². The number of aliphatic hydroxyl groups is 1. The largest absolute Gasteiger partial charge is 0.393 e. The summed E-state index contributed by atoms with van der Waals surface area (Å²) in [4.78, 5) is 0. The van der Waals surface area contributed by atoms with E-state index in [4.69, 9.17) is 0 Å². The molecule has 0 bridgehead atoms. The molecule has 0 spiro atoms. The fraction of sp³-hybridized carbons (Fsp3) is 0.385. The molecule has 0 aliphatic carbocycles. The van der Waals surface area contributed by atoms with Crippen LogP contribution in [0.3, 0.4) is 0 Å². The lowest BCUT2D eigenvalue weighted by Crippen LogP contribution is -2.13. The summed E-state index contributed by atoms with van der Waals surface area (Å²) in [6.07, 6.45) is 0.412. The first-order valence-electron chi connectivity index (χ1n) is 5.26. The zero-order chi connectivity index (χ0) is 12.1. The van der Waals surface area contributed by atoms with Gasteiger partial charge in [-0.1, -0.05) is 11.6 Å². The van der Waals surface area contributed by atoms with Gasteiger partial charge in [-0.05, 0) is 31.9 Å². The molecular formula is C13H16F2O. The van der Waals surface area contributed by atoms with Gasteiger partial charge in [-0.25, -0.2) is 8.78 Å². The van der Waals surface area contributed by atoms with Crippen molar-refractivity contribution in [3.8, 4) is 0 Å². The predicted molar refractivity (Wildman–Crippen MR) is 60.1 cm³/mol. The molecule has 0 radical (unpaired) electrons. The summed E-state index contributed by atoms with van der Waals surface area (Å²) < 4.78 is 26.5. The SMILES string of the molecule is C=C(C)CCC(O)Cc1c(F)cccc1F. The smallest absolute Gasteiger partial charge is 0.129 e. The average Bonchev–Trinajstić information content (AvgIpc) is 2.21. The van der Waals surface area contributed by atoms with Crippen molar-refractivity contribution in [3.05, 3.63) is 47.5 Å². The van der Waals surface area contributed by atoms with Crippen LogP contribution in [0.2, 0.25) is 0 Å². The van der Waals surface area contributed by atoms with Gasteiger partial charge in [0.25, 0.3) is 0 Å². The molecule has 88 valence electrons. The molecule has 1 unspecified atom stereocenters. The number of rotatable bonds is 5. The molecule has 1 N–H and O–H groups in total. The van der Waals surface area contributed by atoms with Gasteiger partial charge in [0, 0.05) is 12.0 Å². The molecule has 1 aromatic carbocycles. The Bertz CT molecular complexity index is 354. The van der Waals surface area contributed by atoms with Crippen LogP contribution in [0.1, 0.15) is 25.3 Å². The zero-order valence-corrected chi connectivity index (χ0v) is 9.34. The summed E-state index contributed by atoms with van der Waals surface area (Å²) in [5.74, 6) is -1.20. The van der Waals surface area contributed by atoms with Crippen LogP contribution in [-0.2, 0) is 6.42 Å². The molecule has 1 atom stereocenters. The van der Waals surface area contributed by atoms with Gasteiger partial charge < -0.3 is 5.11 Å². The van der Waals surface area contributed by atoms with E-state index in [1.807, 2.05) is 6.92 Å². The molecule has 0 aliphatic rings. The second kappa shape index (κ2) is 5.75. The number of allylic oxidation sites excluding steroid dienone is 1. The van der Waals surface area contributed by atoms with Crippen LogP contribution in [0.5, 0.6) is 0 Å². The van der Waals surface area contributed by atoms with Crippen molar-refractivity contribution in [1.82, 2.24) is 0 Å². The van der Waals surface area contributed by atoms with Gasteiger partial charge >= 0.3 is 0 Å². The van der Waals surface area contributed by atoms with Crippen LogP contribution in [0.25, 0.3) is 0 Å². The Hall–Kier alpha value is -1.22. The van der Waals surface area contributed by atoms with Crippen molar-refractivity contribution in [1.29, 1.82) is 0 Å². The van der Waals surface area contributed by atoms with Crippen LogP contribution in [0.4, 0.5) is 8.78 Å². The monoisotopic (exact) mass is 226 g/mol. The van der Waals surface area contributed by atoms with E-state index in [1.54, 1.807) is 0 Å². The fourth-order valence-electron chi connectivity index (χ4n) is 1.48. The Morgan fingerprint density at radius 3 is 2.44 bits per heavy atom. The minimum absolute atomic E-state index is 0.00574. The summed E-state index contributed by atoms with van der Waals surface area (Å²) >= 11 is 0. The summed E-state index contributed by atoms with van der Waals surface area (Å²) in [5.41, 5.74) is 0.907. The Labute approximate surface area is 94.4 Å². The Balaban J connectivity index is 2.62. The van der Waals surface area contributed by atoms with Gasteiger partial charge in [-0.15, -0.1) is 6.58 Å². The van der Waals surface area contributed by atoms with Crippen LogP contribution < -0.4 is 0 Å². The van der Waals surface area contributed by atoms with Crippen molar-refractivity contribution in [2.45, 2.75) is 32.3 Å². The van der Waals surface area contributed by atoms with E-state index in [0.717, 1.165) is 5.57 Å².